The third-order valence-corrected chi connectivity index (χ3v) is 5.25. The number of Topliss-reactive ketones (excluding diaryl/α,β-unsaturated/α-hetero) is 1. The van der Waals surface area contributed by atoms with Crippen LogP contribution in [0.2, 0.25) is 0 Å². The number of fused-ring (bicyclic) bond motifs is 1. The van der Waals surface area contributed by atoms with Gasteiger partial charge in [-0.15, -0.1) is 0 Å². The highest BCUT2D eigenvalue weighted by Crippen LogP contribution is 2.44. The van der Waals surface area contributed by atoms with Crippen LogP contribution in [0, 0.1) is 11.8 Å². The highest BCUT2D eigenvalue weighted by atomic mass is 16.7. The van der Waals surface area contributed by atoms with E-state index in [1.54, 1.807) is 12.1 Å². The van der Waals surface area contributed by atoms with E-state index >= 15 is 0 Å². The van der Waals surface area contributed by atoms with Crippen LogP contribution < -0.4 is 14.8 Å². The molecule has 0 spiro atoms. The highest BCUT2D eigenvalue weighted by Gasteiger charge is 2.45. The number of carbonyl (C=O) groups is 3. The van der Waals surface area contributed by atoms with Crippen LogP contribution in [0.25, 0.3) is 0 Å². The predicted molar refractivity (Wildman–Crippen MR) is 89.4 cm³/mol. The molecule has 4 rings (SSSR count). The Bertz CT molecular complexity index is 842. The predicted octanol–water partition coefficient (Wildman–Crippen LogP) is 1.67. The third kappa shape index (κ3) is 2.55. The molecule has 1 aromatic carbocycles. The van der Waals surface area contributed by atoms with Crippen molar-refractivity contribution in [1.82, 2.24) is 5.32 Å². The summed E-state index contributed by atoms with van der Waals surface area (Å²) in [5.41, 5.74) is 1.90. The van der Waals surface area contributed by atoms with Crippen LogP contribution in [0.15, 0.2) is 29.5 Å². The molecule has 0 saturated heterocycles. The topological polar surface area (TPSA) is 90.9 Å². The number of nitrogens with one attached hydrogen (secondary N) is 1. The number of ketones is 1. The van der Waals surface area contributed by atoms with Crippen molar-refractivity contribution in [2.24, 2.45) is 11.8 Å². The van der Waals surface area contributed by atoms with Crippen molar-refractivity contribution in [3.8, 4) is 11.5 Å². The Morgan fingerprint density at radius 2 is 1.96 bits per heavy atom. The van der Waals surface area contributed by atoms with E-state index < -0.39 is 17.8 Å². The molecule has 0 unspecified atom stereocenters. The van der Waals surface area contributed by atoms with Crippen LogP contribution in [-0.2, 0) is 19.1 Å². The number of methoxy groups -OCH3 is 1. The van der Waals surface area contributed by atoms with Gasteiger partial charge < -0.3 is 19.5 Å². The average molecular weight is 357 g/mol. The number of ether oxygens (including phenoxy) is 3. The molecule has 3 aliphatic rings. The summed E-state index contributed by atoms with van der Waals surface area (Å²) in [4.78, 5) is 37.5. The molecule has 0 bridgehead atoms. The summed E-state index contributed by atoms with van der Waals surface area (Å²) in [5, 5.41) is 2.82. The van der Waals surface area contributed by atoms with E-state index in [-0.39, 0.29) is 30.8 Å². The molecule has 0 radical (unpaired) electrons. The van der Waals surface area contributed by atoms with Gasteiger partial charge in [-0.3, -0.25) is 14.4 Å². The summed E-state index contributed by atoms with van der Waals surface area (Å²) in [6.07, 6.45) is 0.597. The molecule has 3 atom stereocenters. The minimum Gasteiger partial charge on any atom is -0.468 e. The van der Waals surface area contributed by atoms with Gasteiger partial charge in [-0.25, -0.2) is 0 Å². The van der Waals surface area contributed by atoms with Crippen molar-refractivity contribution in [3.63, 3.8) is 0 Å². The fourth-order valence-electron chi connectivity index (χ4n) is 4.01. The zero-order valence-electron chi connectivity index (χ0n) is 14.5. The average Bonchev–Trinajstić information content (AvgIpc) is 3.08. The molecule has 26 heavy (non-hydrogen) atoms. The number of rotatable bonds is 2. The van der Waals surface area contributed by atoms with Crippen LogP contribution in [0.3, 0.4) is 0 Å². The minimum absolute atomic E-state index is 0.136. The zero-order chi connectivity index (χ0) is 18.4. The summed E-state index contributed by atoms with van der Waals surface area (Å²) in [5.74, 6) is -1.20. The summed E-state index contributed by atoms with van der Waals surface area (Å²) >= 11 is 0. The Labute approximate surface area is 150 Å². The van der Waals surface area contributed by atoms with E-state index in [2.05, 4.69) is 5.32 Å². The largest absolute Gasteiger partial charge is 0.468 e. The molecule has 7 heteroatoms. The first-order valence-corrected chi connectivity index (χ1v) is 8.54. The van der Waals surface area contributed by atoms with Gasteiger partial charge in [0.05, 0.1) is 7.11 Å². The second-order valence-corrected chi connectivity index (χ2v) is 6.86. The molecule has 2 heterocycles. The van der Waals surface area contributed by atoms with Crippen molar-refractivity contribution in [2.75, 3.05) is 13.9 Å². The van der Waals surface area contributed by atoms with Crippen LogP contribution in [0.4, 0.5) is 0 Å². The molecular weight excluding hydrogens is 338 g/mol. The summed E-state index contributed by atoms with van der Waals surface area (Å²) < 4.78 is 15.6. The maximum Gasteiger partial charge on any atom is 0.316 e. The monoisotopic (exact) mass is 357 g/mol. The first-order chi connectivity index (χ1) is 12.5. The molecule has 0 aromatic heterocycles. The third-order valence-electron chi connectivity index (χ3n) is 5.25. The molecule has 1 amide bonds. The normalized spacial score (nSPS) is 27.1. The Hall–Kier alpha value is -2.83. The molecule has 1 aliphatic carbocycles. The molecule has 0 saturated carbocycles. The molecule has 7 nitrogen and oxygen atoms in total. The fourth-order valence-corrected chi connectivity index (χ4v) is 4.01. The standard InChI is InChI=1S/C19H19NO6/c1-9-5-12-17(18(22)16(9)19(23)24-2)11(7-15(21)20-12)10-3-4-13-14(6-10)26-8-25-13/h3-4,6,9,11,16H,5,7-8H2,1-2H3,(H,20,21)/t9-,11+,16-/m1/s1. The van der Waals surface area contributed by atoms with Crippen LogP contribution >= 0.6 is 0 Å². The Morgan fingerprint density at radius 1 is 1.19 bits per heavy atom. The Balaban J connectivity index is 1.77. The van der Waals surface area contributed by atoms with Gasteiger partial charge in [-0.05, 0) is 30.0 Å². The van der Waals surface area contributed by atoms with Crippen molar-refractivity contribution < 1.29 is 28.6 Å². The van der Waals surface area contributed by atoms with E-state index in [9.17, 15) is 14.4 Å². The molecular formula is C19H19NO6. The van der Waals surface area contributed by atoms with Gasteiger partial charge in [-0.2, -0.15) is 0 Å². The number of hydrogen-bond acceptors (Lipinski definition) is 6. The second-order valence-electron chi connectivity index (χ2n) is 6.86. The van der Waals surface area contributed by atoms with Gasteiger partial charge in [0.1, 0.15) is 5.92 Å². The lowest BCUT2D eigenvalue weighted by Crippen LogP contribution is -2.44. The maximum atomic E-state index is 13.1. The Morgan fingerprint density at radius 3 is 2.73 bits per heavy atom. The van der Waals surface area contributed by atoms with Crippen molar-refractivity contribution in [2.45, 2.75) is 25.7 Å². The van der Waals surface area contributed by atoms with Crippen LogP contribution in [0.1, 0.15) is 31.2 Å². The van der Waals surface area contributed by atoms with Crippen molar-refractivity contribution in [3.05, 3.63) is 35.0 Å². The van der Waals surface area contributed by atoms with Gasteiger partial charge in [-0.1, -0.05) is 13.0 Å². The number of allylic oxidation sites excluding steroid dienone is 2. The van der Waals surface area contributed by atoms with Gasteiger partial charge in [0.2, 0.25) is 12.7 Å². The lowest BCUT2D eigenvalue weighted by Gasteiger charge is -2.36. The van der Waals surface area contributed by atoms with E-state index in [0.717, 1.165) is 5.56 Å². The Kier molecular flexibility index (Phi) is 3.94. The van der Waals surface area contributed by atoms with Crippen LogP contribution in [0.5, 0.6) is 11.5 Å². The lowest BCUT2D eigenvalue weighted by atomic mass is 9.70. The van der Waals surface area contributed by atoms with Gasteiger partial charge >= 0.3 is 5.97 Å². The van der Waals surface area contributed by atoms with Crippen molar-refractivity contribution in [1.29, 1.82) is 0 Å². The lowest BCUT2D eigenvalue weighted by molar-refractivity contribution is -0.151. The number of esters is 1. The van der Waals surface area contributed by atoms with E-state index in [1.165, 1.54) is 7.11 Å². The SMILES string of the molecule is COC(=O)[C@H]1C(=O)C2=C(C[C@H]1C)NC(=O)C[C@H]2c1ccc2c(c1)OCO2. The maximum absolute atomic E-state index is 13.1. The summed E-state index contributed by atoms with van der Waals surface area (Å²) in [7, 11) is 1.28. The molecule has 136 valence electrons. The summed E-state index contributed by atoms with van der Waals surface area (Å²) in [6, 6.07) is 5.41. The summed E-state index contributed by atoms with van der Waals surface area (Å²) in [6.45, 7) is 1.97. The van der Waals surface area contributed by atoms with Crippen LogP contribution in [-0.4, -0.2) is 31.6 Å². The van der Waals surface area contributed by atoms with Gasteiger partial charge in [0.15, 0.2) is 17.3 Å². The van der Waals surface area contributed by atoms with E-state index in [4.69, 9.17) is 14.2 Å². The number of carbonyl (C=O) groups excluding carboxylic acids is 3. The molecule has 1 N–H and O–H groups in total. The van der Waals surface area contributed by atoms with E-state index in [0.29, 0.717) is 29.2 Å². The fraction of sp³-hybridized carbons (Fsp3) is 0.421. The molecule has 2 aliphatic heterocycles. The second kappa shape index (κ2) is 6.16. The number of hydrogen-bond donors (Lipinski definition) is 1. The van der Waals surface area contributed by atoms with E-state index in [1.807, 2.05) is 13.0 Å². The number of benzene rings is 1. The quantitative estimate of drug-likeness (QED) is 0.640. The minimum atomic E-state index is -0.842. The molecule has 0 fully saturated rings. The molecule has 1 aromatic rings. The van der Waals surface area contributed by atoms with Crippen molar-refractivity contribution >= 4 is 17.7 Å². The first kappa shape index (κ1) is 16.6. The zero-order valence-corrected chi connectivity index (χ0v) is 14.5. The van der Waals surface area contributed by atoms with Gasteiger partial charge in [0, 0.05) is 23.6 Å². The van der Waals surface area contributed by atoms with Gasteiger partial charge in [0.25, 0.3) is 0 Å². The number of amides is 1. The smallest absolute Gasteiger partial charge is 0.316 e. The first-order valence-electron chi connectivity index (χ1n) is 8.54. The highest BCUT2D eigenvalue weighted by molar-refractivity contribution is 6.11.